The largest absolute Gasteiger partial charge is 0.478 e. The van der Waals surface area contributed by atoms with Crippen molar-refractivity contribution in [3.63, 3.8) is 0 Å². The Bertz CT molecular complexity index is 1410. The van der Waals surface area contributed by atoms with Crippen LogP contribution < -0.4 is 15.8 Å². The van der Waals surface area contributed by atoms with Crippen LogP contribution in [0.4, 0.5) is 22.0 Å². The summed E-state index contributed by atoms with van der Waals surface area (Å²) in [4.78, 5) is 39.4. The SMILES string of the molecule is CO[C@]1(C)CC[C@@H](n2cccc(Nc3cc(N(C)C(=O)OC(C)(C)C)n4ncc(C(=O)O)c4c3)c2=O)CC1. The molecule has 3 heterocycles. The average molecular weight is 526 g/mol. The van der Waals surface area contributed by atoms with Crippen LogP contribution in [0.3, 0.4) is 0 Å². The Morgan fingerprint density at radius 2 is 1.92 bits per heavy atom. The van der Waals surface area contributed by atoms with Gasteiger partial charge in [0.2, 0.25) is 0 Å². The molecule has 3 aromatic rings. The number of aromatic carboxylic acids is 1. The number of carbonyl (C=O) groups is 2. The molecular formula is C27H35N5O6. The maximum atomic E-state index is 13.4. The van der Waals surface area contributed by atoms with Crippen LogP contribution in [0.1, 0.15) is 69.8 Å². The number of methoxy groups -OCH3 is 1. The number of fused-ring (bicyclic) bond motifs is 1. The number of carboxylic acid groups (broad SMARTS) is 1. The molecule has 0 radical (unpaired) electrons. The lowest BCUT2D eigenvalue weighted by Crippen LogP contribution is -2.36. The van der Waals surface area contributed by atoms with Crippen LogP contribution >= 0.6 is 0 Å². The third kappa shape index (κ3) is 5.52. The van der Waals surface area contributed by atoms with Gasteiger partial charge in [-0.2, -0.15) is 5.10 Å². The maximum absolute atomic E-state index is 13.4. The van der Waals surface area contributed by atoms with Crippen molar-refractivity contribution < 1.29 is 24.2 Å². The molecule has 11 nitrogen and oxygen atoms in total. The van der Waals surface area contributed by atoms with Gasteiger partial charge in [-0.25, -0.2) is 14.1 Å². The molecule has 4 rings (SSSR count). The van der Waals surface area contributed by atoms with Gasteiger partial charge in [-0.15, -0.1) is 0 Å². The van der Waals surface area contributed by atoms with Gasteiger partial charge in [-0.05, 0) is 71.6 Å². The lowest BCUT2D eigenvalue weighted by atomic mass is 9.83. The Balaban J connectivity index is 1.71. The molecule has 0 aromatic carbocycles. The smallest absolute Gasteiger partial charge is 0.415 e. The quantitative estimate of drug-likeness (QED) is 0.469. The van der Waals surface area contributed by atoms with E-state index in [0.717, 1.165) is 25.7 Å². The van der Waals surface area contributed by atoms with E-state index in [1.165, 1.54) is 22.7 Å². The van der Waals surface area contributed by atoms with E-state index in [0.29, 0.717) is 11.4 Å². The number of rotatable bonds is 6. The van der Waals surface area contributed by atoms with E-state index in [4.69, 9.17) is 9.47 Å². The number of hydrogen-bond acceptors (Lipinski definition) is 7. The Morgan fingerprint density at radius 1 is 1.24 bits per heavy atom. The van der Waals surface area contributed by atoms with E-state index in [-0.39, 0.29) is 34.1 Å². The van der Waals surface area contributed by atoms with Crippen molar-refractivity contribution in [1.29, 1.82) is 0 Å². The summed E-state index contributed by atoms with van der Waals surface area (Å²) in [6.45, 7) is 7.36. The second-order valence-electron chi connectivity index (χ2n) is 10.9. The van der Waals surface area contributed by atoms with E-state index in [9.17, 15) is 19.5 Å². The molecule has 1 fully saturated rings. The molecule has 0 atom stereocenters. The van der Waals surface area contributed by atoms with Gasteiger partial charge >= 0.3 is 12.1 Å². The molecule has 1 aliphatic carbocycles. The van der Waals surface area contributed by atoms with E-state index in [2.05, 4.69) is 17.3 Å². The third-order valence-corrected chi connectivity index (χ3v) is 6.99. The highest BCUT2D eigenvalue weighted by Crippen LogP contribution is 2.36. The van der Waals surface area contributed by atoms with Crippen LogP contribution in [-0.4, -0.2) is 56.7 Å². The highest BCUT2D eigenvalue weighted by molar-refractivity contribution is 5.97. The van der Waals surface area contributed by atoms with E-state index in [1.807, 2.05) is 6.07 Å². The van der Waals surface area contributed by atoms with Crippen molar-refractivity contribution in [3.8, 4) is 0 Å². The van der Waals surface area contributed by atoms with Gasteiger partial charge < -0.3 is 24.5 Å². The van der Waals surface area contributed by atoms with Gasteiger partial charge in [0.05, 0.1) is 17.3 Å². The minimum Gasteiger partial charge on any atom is -0.478 e. The van der Waals surface area contributed by atoms with Gasteiger partial charge in [-0.3, -0.25) is 9.69 Å². The van der Waals surface area contributed by atoms with Crippen molar-refractivity contribution in [2.24, 2.45) is 0 Å². The molecule has 0 aliphatic heterocycles. The molecule has 0 spiro atoms. The molecule has 11 heteroatoms. The van der Waals surface area contributed by atoms with Crippen LogP contribution in [0.2, 0.25) is 0 Å². The summed E-state index contributed by atoms with van der Waals surface area (Å²) in [5.74, 6) is -0.889. The minimum atomic E-state index is -1.16. The fraction of sp³-hybridized carbons (Fsp3) is 0.481. The molecule has 1 aliphatic rings. The Morgan fingerprint density at radius 3 is 2.53 bits per heavy atom. The number of pyridine rings is 2. The number of anilines is 3. The fourth-order valence-electron chi connectivity index (χ4n) is 4.71. The maximum Gasteiger partial charge on any atom is 0.415 e. The van der Waals surface area contributed by atoms with E-state index >= 15 is 0 Å². The van der Waals surface area contributed by atoms with Crippen LogP contribution in [0.15, 0.2) is 41.5 Å². The first-order chi connectivity index (χ1) is 17.8. The summed E-state index contributed by atoms with van der Waals surface area (Å²) in [6.07, 6.45) is 5.73. The lowest BCUT2D eigenvalue weighted by Gasteiger charge is -2.36. The molecule has 1 saturated carbocycles. The van der Waals surface area contributed by atoms with Gasteiger partial charge in [-0.1, -0.05) is 0 Å². The zero-order valence-corrected chi connectivity index (χ0v) is 22.6. The number of carbonyl (C=O) groups excluding carboxylic acids is 1. The summed E-state index contributed by atoms with van der Waals surface area (Å²) in [5, 5.41) is 17.0. The molecule has 1 amide bonds. The topological polar surface area (TPSA) is 127 Å². The van der Waals surface area contributed by atoms with Gasteiger partial charge in [0, 0.05) is 38.1 Å². The zero-order chi connectivity index (χ0) is 27.8. The van der Waals surface area contributed by atoms with Gasteiger partial charge in [0.15, 0.2) is 0 Å². The number of nitrogens with zero attached hydrogens (tertiary/aromatic N) is 4. The molecule has 3 aromatic heterocycles. The van der Waals surface area contributed by atoms with Crippen LogP contribution in [0, 0.1) is 0 Å². The van der Waals surface area contributed by atoms with Crippen molar-refractivity contribution in [1.82, 2.24) is 14.2 Å². The minimum absolute atomic E-state index is 0.0404. The average Bonchev–Trinajstić information content (AvgIpc) is 3.28. The van der Waals surface area contributed by atoms with Crippen molar-refractivity contribution in [2.75, 3.05) is 24.4 Å². The van der Waals surface area contributed by atoms with Crippen LogP contribution in [0.5, 0.6) is 0 Å². The summed E-state index contributed by atoms with van der Waals surface area (Å²) in [6, 6.07) is 6.75. The number of carboxylic acids is 1. The summed E-state index contributed by atoms with van der Waals surface area (Å²) in [7, 11) is 3.24. The molecular weight excluding hydrogens is 490 g/mol. The molecule has 0 unspecified atom stereocenters. The number of aromatic nitrogens is 3. The summed E-state index contributed by atoms with van der Waals surface area (Å²) in [5.41, 5.74) is -0.111. The Hall–Kier alpha value is -3.86. The monoisotopic (exact) mass is 525 g/mol. The van der Waals surface area contributed by atoms with Gasteiger partial charge in [0.1, 0.15) is 22.7 Å². The van der Waals surface area contributed by atoms with E-state index in [1.54, 1.807) is 56.8 Å². The van der Waals surface area contributed by atoms with E-state index < -0.39 is 17.7 Å². The molecule has 0 bridgehead atoms. The van der Waals surface area contributed by atoms with Gasteiger partial charge in [0.25, 0.3) is 5.56 Å². The highest BCUT2D eigenvalue weighted by atomic mass is 16.6. The number of ether oxygens (including phenoxy) is 2. The lowest BCUT2D eigenvalue weighted by molar-refractivity contribution is -0.0324. The predicted molar refractivity (Wildman–Crippen MR) is 144 cm³/mol. The standard InChI is InChI=1S/C27H35N5O6/c1-26(2,3)38-25(36)30(5)22-15-17(14-21-19(24(34)35)16-28-32(21)22)29-20-8-7-13-31(23(20)33)18-9-11-27(4,37-6)12-10-18/h7-8,13-16,18,29H,9-12H2,1-6H3,(H,34,35)/t18-,27-. The van der Waals surface area contributed by atoms with Crippen LogP contribution in [-0.2, 0) is 9.47 Å². The molecule has 204 valence electrons. The first-order valence-electron chi connectivity index (χ1n) is 12.6. The second kappa shape index (κ2) is 10.1. The van der Waals surface area contributed by atoms with Crippen molar-refractivity contribution in [3.05, 3.63) is 52.6 Å². The Kier molecular flexibility index (Phi) is 7.24. The number of hydrogen-bond donors (Lipinski definition) is 2. The first-order valence-corrected chi connectivity index (χ1v) is 12.6. The number of nitrogens with one attached hydrogen (secondary N) is 1. The highest BCUT2D eigenvalue weighted by Gasteiger charge is 2.32. The van der Waals surface area contributed by atoms with Crippen LogP contribution in [0.25, 0.3) is 5.52 Å². The summed E-state index contributed by atoms with van der Waals surface area (Å²) < 4.78 is 14.2. The Labute approximate surface area is 221 Å². The van der Waals surface area contributed by atoms with Crippen molar-refractivity contribution >= 4 is 34.8 Å². The predicted octanol–water partition coefficient (Wildman–Crippen LogP) is 4.83. The third-order valence-electron chi connectivity index (χ3n) is 6.99. The molecule has 38 heavy (non-hydrogen) atoms. The normalized spacial score (nSPS) is 19.8. The first kappa shape index (κ1) is 27.2. The molecule has 2 N–H and O–H groups in total. The van der Waals surface area contributed by atoms with Crippen molar-refractivity contribution in [2.45, 2.75) is 70.6 Å². The fourth-order valence-corrected chi connectivity index (χ4v) is 4.71. The number of amides is 1. The zero-order valence-electron chi connectivity index (χ0n) is 22.6. The molecule has 0 saturated heterocycles. The summed E-state index contributed by atoms with van der Waals surface area (Å²) >= 11 is 0. The second-order valence-corrected chi connectivity index (χ2v) is 10.9.